The number of nitrogens with two attached hydrogens (primary N) is 1. The van der Waals surface area contributed by atoms with Gasteiger partial charge in [0, 0.05) is 37.1 Å². The molecule has 1 aliphatic carbocycles. The zero-order valence-corrected chi connectivity index (χ0v) is 28.5. The van der Waals surface area contributed by atoms with Crippen molar-refractivity contribution in [2.24, 2.45) is 5.73 Å². The van der Waals surface area contributed by atoms with Gasteiger partial charge >= 0.3 is 5.97 Å². The second kappa shape index (κ2) is 15.4. The Bertz CT molecular complexity index is 1780. The van der Waals surface area contributed by atoms with Gasteiger partial charge in [0.25, 0.3) is 0 Å². The number of aryl methyl sites for hydroxylation is 2. The summed E-state index contributed by atoms with van der Waals surface area (Å²) in [5, 5.41) is 11.3. The first-order chi connectivity index (χ1) is 23.4. The van der Waals surface area contributed by atoms with Crippen LogP contribution in [-0.4, -0.2) is 49.2 Å². The summed E-state index contributed by atoms with van der Waals surface area (Å²) >= 11 is 0. The smallest absolute Gasteiger partial charge is 0.303 e. The Morgan fingerprint density at radius 2 is 1.61 bits per heavy atom. The number of benzene rings is 4. The topological polar surface area (TPSA) is 85.0 Å². The third-order valence-corrected chi connectivity index (χ3v) is 9.50. The Kier molecular flexibility index (Phi) is 11.2. The molecule has 0 radical (unpaired) electrons. The number of likely N-dealkylation sites (tertiary alicyclic amines) is 1. The predicted molar refractivity (Wildman–Crippen MR) is 189 cm³/mol. The first-order valence-corrected chi connectivity index (χ1v) is 16.7. The van der Waals surface area contributed by atoms with Crippen molar-refractivity contribution in [2.75, 3.05) is 27.3 Å². The third kappa shape index (κ3) is 8.39. The zero-order chi connectivity index (χ0) is 35.3. The average Bonchev–Trinajstić information content (AvgIpc) is 3.05. The van der Waals surface area contributed by atoms with E-state index >= 15 is 0 Å². The molecule has 6 nitrogen and oxygen atoms in total. The first kappa shape index (κ1) is 35.8. The van der Waals surface area contributed by atoms with Crippen LogP contribution in [0, 0.1) is 12.7 Å². The summed E-state index contributed by atoms with van der Waals surface area (Å²) in [6, 6.07) is 19.5. The number of halogens is 3. The molecule has 9 heteroatoms. The minimum absolute atomic E-state index is 0.112. The lowest BCUT2D eigenvalue weighted by molar-refractivity contribution is -0.136. The quantitative estimate of drug-likeness (QED) is 0.175. The molecule has 2 aliphatic rings. The van der Waals surface area contributed by atoms with Gasteiger partial charge in [0.2, 0.25) is 5.92 Å². The molecule has 4 aromatic rings. The van der Waals surface area contributed by atoms with Crippen LogP contribution in [0.1, 0.15) is 72.3 Å². The summed E-state index contributed by atoms with van der Waals surface area (Å²) < 4.78 is 51.0. The minimum atomic E-state index is -2.59. The maximum absolute atomic E-state index is 13.7. The molecule has 0 bridgehead atoms. The van der Waals surface area contributed by atoms with E-state index in [9.17, 15) is 18.0 Å². The van der Waals surface area contributed by atoms with Crippen molar-refractivity contribution in [2.45, 2.75) is 70.3 Å². The van der Waals surface area contributed by atoms with E-state index < -0.39 is 17.7 Å². The molecular formula is C40H45F3N2O4. The number of ether oxygens (including phenoxy) is 2. The Morgan fingerprint density at radius 3 is 2.18 bits per heavy atom. The lowest BCUT2D eigenvalue weighted by Crippen LogP contribution is -2.33. The number of fused-ring (bicyclic) bond motifs is 1. The summed E-state index contributed by atoms with van der Waals surface area (Å²) in [6.07, 6.45) is 4.04. The minimum Gasteiger partial charge on any atom is -0.496 e. The molecule has 1 saturated carbocycles. The van der Waals surface area contributed by atoms with E-state index in [-0.39, 0.29) is 36.4 Å². The summed E-state index contributed by atoms with van der Waals surface area (Å²) in [5.41, 5.74) is 11.4. The fourth-order valence-corrected chi connectivity index (χ4v) is 7.06. The maximum atomic E-state index is 13.7. The van der Waals surface area contributed by atoms with E-state index in [4.69, 9.17) is 20.3 Å². The van der Waals surface area contributed by atoms with Crippen LogP contribution in [0.25, 0.3) is 27.6 Å². The van der Waals surface area contributed by atoms with Gasteiger partial charge in [0.15, 0.2) is 0 Å². The van der Waals surface area contributed by atoms with Gasteiger partial charge in [-0.3, -0.25) is 9.69 Å². The first-order valence-electron chi connectivity index (χ1n) is 16.7. The molecule has 0 spiro atoms. The number of rotatable bonds is 10. The number of carbonyl (C=O) groups is 1. The van der Waals surface area contributed by atoms with Crippen LogP contribution in [0.5, 0.6) is 11.5 Å². The number of piperidine rings is 1. The Hall–Kier alpha value is -4.50. The SMILES string of the molecule is C=C(N)c1c(C)cc(C2CC(F)(F)C2)cc1F.COc1cc(CN2CCCCC2)cc(OC)c1-c1cccc2c(CCC(=O)O)cccc12. The van der Waals surface area contributed by atoms with E-state index in [1.165, 1.54) is 30.9 Å². The summed E-state index contributed by atoms with van der Waals surface area (Å²) in [7, 11) is 3.40. The van der Waals surface area contributed by atoms with Crippen LogP contribution in [-0.2, 0) is 17.8 Å². The van der Waals surface area contributed by atoms with Crippen LogP contribution in [0.2, 0.25) is 0 Å². The van der Waals surface area contributed by atoms with Crippen molar-refractivity contribution in [3.05, 3.63) is 101 Å². The molecule has 3 N–H and O–H groups in total. The number of hydrogen-bond donors (Lipinski definition) is 2. The van der Waals surface area contributed by atoms with Gasteiger partial charge in [0.1, 0.15) is 17.3 Å². The second-order valence-corrected chi connectivity index (χ2v) is 13.1. The molecule has 1 aliphatic heterocycles. The molecule has 49 heavy (non-hydrogen) atoms. The average molecular weight is 675 g/mol. The van der Waals surface area contributed by atoms with E-state index in [1.807, 2.05) is 18.2 Å². The van der Waals surface area contributed by atoms with E-state index in [1.54, 1.807) is 27.2 Å². The Morgan fingerprint density at radius 1 is 0.980 bits per heavy atom. The van der Waals surface area contributed by atoms with Gasteiger partial charge in [-0.15, -0.1) is 0 Å². The Balaban J connectivity index is 0.000000232. The molecule has 2 fully saturated rings. The summed E-state index contributed by atoms with van der Waals surface area (Å²) in [6.45, 7) is 8.36. The Labute approximate surface area is 286 Å². The molecule has 0 unspecified atom stereocenters. The second-order valence-electron chi connectivity index (χ2n) is 13.1. The standard InChI is InChI=1S/C27H31NO4.C13H14F3N/c1-31-24-16-19(18-28-14-4-3-5-15-28)17-25(32-2)27(24)23-11-7-9-21-20(12-13-26(29)30)8-6-10-22(21)23;1-7-3-9(10-5-13(15,16)6-10)4-11(14)12(7)8(2)17/h6-11,16-17H,3-5,12-15,18H2,1-2H3,(H,29,30);3-4,10H,2,5-6,17H2,1H3. The molecule has 0 amide bonds. The van der Waals surface area contributed by atoms with Crippen LogP contribution in [0.3, 0.4) is 0 Å². The molecule has 260 valence electrons. The summed E-state index contributed by atoms with van der Waals surface area (Å²) in [5.74, 6) is -2.53. The molecule has 6 rings (SSSR count). The highest BCUT2D eigenvalue weighted by Gasteiger charge is 2.46. The number of carboxylic acids is 1. The lowest BCUT2D eigenvalue weighted by atomic mass is 9.76. The lowest BCUT2D eigenvalue weighted by Gasteiger charge is -2.35. The molecular weight excluding hydrogens is 629 g/mol. The number of alkyl halides is 2. The van der Waals surface area contributed by atoms with Crippen LogP contribution in [0.4, 0.5) is 13.2 Å². The van der Waals surface area contributed by atoms with Crippen molar-refractivity contribution in [3.63, 3.8) is 0 Å². The van der Waals surface area contributed by atoms with Gasteiger partial charge in [-0.25, -0.2) is 13.2 Å². The predicted octanol–water partition coefficient (Wildman–Crippen LogP) is 9.10. The molecule has 0 atom stereocenters. The van der Waals surface area contributed by atoms with E-state index in [0.717, 1.165) is 58.6 Å². The number of nitrogens with zero attached hydrogens (tertiary/aromatic N) is 1. The van der Waals surface area contributed by atoms with Crippen LogP contribution in [0.15, 0.2) is 67.2 Å². The number of aliphatic carboxylic acids is 1. The van der Waals surface area contributed by atoms with Crippen molar-refractivity contribution in [3.8, 4) is 22.6 Å². The van der Waals surface area contributed by atoms with Crippen molar-refractivity contribution < 1.29 is 32.5 Å². The number of hydrogen-bond acceptors (Lipinski definition) is 5. The van der Waals surface area contributed by atoms with Crippen molar-refractivity contribution in [1.29, 1.82) is 0 Å². The van der Waals surface area contributed by atoms with Gasteiger partial charge in [-0.05, 0) is 102 Å². The maximum Gasteiger partial charge on any atom is 0.303 e. The van der Waals surface area contributed by atoms with Gasteiger partial charge < -0.3 is 20.3 Å². The van der Waals surface area contributed by atoms with Gasteiger partial charge in [0.05, 0.1) is 19.8 Å². The highest BCUT2D eigenvalue weighted by Crippen LogP contribution is 2.49. The molecule has 0 aromatic heterocycles. The highest BCUT2D eigenvalue weighted by molar-refractivity contribution is 6.01. The van der Waals surface area contributed by atoms with Crippen LogP contribution >= 0.6 is 0 Å². The zero-order valence-electron chi connectivity index (χ0n) is 28.5. The van der Waals surface area contributed by atoms with E-state index in [2.05, 4.69) is 41.8 Å². The monoisotopic (exact) mass is 674 g/mol. The normalized spacial score (nSPS) is 16.0. The van der Waals surface area contributed by atoms with Crippen molar-refractivity contribution in [1.82, 2.24) is 4.90 Å². The van der Waals surface area contributed by atoms with Crippen molar-refractivity contribution >= 4 is 22.4 Å². The van der Waals surface area contributed by atoms with Crippen LogP contribution < -0.4 is 15.2 Å². The summed E-state index contributed by atoms with van der Waals surface area (Å²) in [4.78, 5) is 13.6. The largest absolute Gasteiger partial charge is 0.496 e. The molecule has 1 saturated heterocycles. The van der Waals surface area contributed by atoms with Gasteiger partial charge in [-0.2, -0.15) is 0 Å². The van der Waals surface area contributed by atoms with Gasteiger partial charge in [-0.1, -0.05) is 55.5 Å². The number of carboxylic acid groups (broad SMARTS) is 1. The fraction of sp³-hybridized carbons (Fsp3) is 0.375. The molecule has 4 aromatic carbocycles. The van der Waals surface area contributed by atoms with E-state index in [0.29, 0.717) is 17.5 Å². The highest BCUT2D eigenvalue weighted by atomic mass is 19.3. The molecule has 1 heterocycles. The fourth-order valence-electron chi connectivity index (χ4n) is 7.06. The number of methoxy groups -OCH3 is 2. The third-order valence-electron chi connectivity index (χ3n) is 9.50.